The molecule has 0 fully saturated rings. The minimum atomic E-state index is 0.113. The molecule has 2 nitrogen and oxygen atoms in total. The molecule has 0 N–H and O–H groups in total. The van der Waals surface area contributed by atoms with Gasteiger partial charge in [-0.05, 0) is 36.5 Å². The van der Waals surface area contributed by atoms with Gasteiger partial charge in [0.15, 0.2) is 13.1 Å². The van der Waals surface area contributed by atoms with Crippen molar-refractivity contribution in [3.8, 4) is 0 Å². The number of rotatable bonds is 6. The third-order valence-electron chi connectivity index (χ3n) is 4.98. The zero-order valence-corrected chi connectivity index (χ0v) is 15.9. The smallest absolute Gasteiger partial charge is 0.160 e. The first-order valence-corrected chi connectivity index (χ1v) is 9.55. The van der Waals surface area contributed by atoms with Crippen LogP contribution in [0.1, 0.15) is 34.1 Å². The first-order chi connectivity index (χ1) is 13.7. The van der Waals surface area contributed by atoms with Crippen LogP contribution < -0.4 is 5.46 Å². The summed E-state index contributed by atoms with van der Waals surface area (Å²) in [4.78, 5) is 16.5. The van der Waals surface area contributed by atoms with Gasteiger partial charge in [0.1, 0.15) is 0 Å². The fourth-order valence-corrected chi connectivity index (χ4v) is 3.46. The summed E-state index contributed by atoms with van der Waals surface area (Å²) >= 11 is 0. The molecule has 1 radical (unpaired) electrons. The van der Waals surface area contributed by atoms with Crippen molar-refractivity contribution in [1.29, 1.82) is 0 Å². The standard InChI is InChI=1S/C25H21BNO/c1-18(28)24-8-4-2-7-21(24)17-26-22-13-10-19(11-14-22)16-23-15-12-20-6-3-5-9-25(20)27-23/h2-15H,16-17H2,1H3. The molecule has 1 heterocycles. The first kappa shape index (κ1) is 18.2. The molecule has 0 aliphatic rings. The van der Waals surface area contributed by atoms with Crippen LogP contribution in [0.5, 0.6) is 0 Å². The van der Waals surface area contributed by atoms with Crippen LogP contribution in [-0.4, -0.2) is 18.0 Å². The van der Waals surface area contributed by atoms with Gasteiger partial charge < -0.3 is 0 Å². The average molecular weight is 362 g/mol. The van der Waals surface area contributed by atoms with E-state index in [9.17, 15) is 4.79 Å². The Morgan fingerprint density at radius 2 is 1.61 bits per heavy atom. The van der Waals surface area contributed by atoms with Crippen molar-refractivity contribution >= 4 is 29.4 Å². The third-order valence-corrected chi connectivity index (χ3v) is 4.98. The summed E-state index contributed by atoms with van der Waals surface area (Å²) in [5.74, 6) is 0.113. The highest BCUT2D eigenvalue weighted by atomic mass is 16.1. The summed E-state index contributed by atoms with van der Waals surface area (Å²) < 4.78 is 0. The van der Waals surface area contributed by atoms with E-state index in [1.807, 2.05) is 36.4 Å². The molecule has 28 heavy (non-hydrogen) atoms. The lowest BCUT2D eigenvalue weighted by Gasteiger charge is -2.07. The molecule has 0 saturated heterocycles. The summed E-state index contributed by atoms with van der Waals surface area (Å²) in [5.41, 5.74) is 6.38. The summed E-state index contributed by atoms with van der Waals surface area (Å²) in [6.45, 7) is 1.62. The zero-order chi connectivity index (χ0) is 19.3. The highest BCUT2D eigenvalue weighted by Gasteiger charge is 2.07. The van der Waals surface area contributed by atoms with Gasteiger partial charge in [-0.25, -0.2) is 0 Å². The van der Waals surface area contributed by atoms with Gasteiger partial charge >= 0.3 is 0 Å². The Kier molecular flexibility index (Phi) is 5.34. The average Bonchev–Trinajstić information content (AvgIpc) is 2.73. The molecule has 3 aromatic carbocycles. The monoisotopic (exact) mass is 362 g/mol. The van der Waals surface area contributed by atoms with E-state index >= 15 is 0 Å². The molecule has 0 aliphatic heterocycles. The van der Waals surface area contributed by atoms with Gasteiger partial charge in [0.2, 0.25) is 0 Å². The molecule has 3 heteroatoms. The highest BCUT2D eigenvalue weighted by Crippen LogP contribution is 2.14. The molecule has 135 valence electrons. The van der Waals surface area contributed by atoms with E-state index in [0.29, 0.717) is 0 Å². The Labute approximate surface area is 166 Å². The van der Waals surface area contributed by atoms with Crippen molar-refractivity contribution in [3.05, 3.63) is 107 Å². The highest BCUT2D eigenvalue weighted by molar-refractivity contribution is 6.53. The van der Waals surface area contributed by atoms with E-state index in [-0.39, 0.29) is 5.78 Å². The van der Waals surface area contributed by atoms with Gasteiger partial charge in [-0.2, -0.15) is 0 Å². The van der Waals surface area contributed by atoms with Gasteiger partial charge in [0, 0.05) is 23.1 Å². The fourth-order valence-electron chi connectivity index (χ4n) is 3.46. The Hall–Kier alpha value is -3.20. The maximum absolute atomic E-state index is 11.8. The van der Waals surface area contributed by atoms with Crippen molar-refractivity contribution < 1.29 is 4.79 Å². The van der Waals surface area contributed by atoms with Crippen LogP contribution in [0.15, 0.2) is 84.9 Å². The number of ketones is 1. The molecule has 0 aliphatic carbocycles. The maximum Gasteiger partial charge on any atom is 0.160 e. The second-order valence-electron chi connectivity index (χ2n) is 7.04. The third kappa shape index (κ3) is 4.20. The van der Waals surface area contributed by atoms with E-state index < -0.39 is 0 Å². The van der Waals surface area contributed by atoms with E-state index in [2.05, 4.69) is 55.8 Å². The van der Waals surface area contributed by atoms with Crippen LogP contribution in [-0.2, 0) is 12.7 Å². The van der Waals surface area contributed by atoms with Crippen LogP contribution >= 0.6 is 0 Å². The van der Waals surface area contributed by atoms with Gasteiger partial charge in [0.25, 0.3) is 0 Å². The van der Waals surface area contributed by atoms with Crippen LogP contribution in [0.4, 0.5) is 0 Å². The topological polar surface area (TPSA) is 30.0 Å². The van der Waals surface area contributed by atoms with Gasteiger partial charge in [-0.1, -0.05) is 78.3 Å². The molecule has 1 aromatic heterocycles. The van der Waals surface area contributed by atoms with Crippen LogP contribution in [0.3, 0.4) is 0 Å². The predicted molar refractivity (Wildman–Crippen MR) is 117 cm³/mol. The van der Waals surface area contributed by atoms with Crippen LogP contribution in [0.25, 0.3) is 10.9 Å². The maximum atomic E-state index is 11.8. The number of para-hydroxylation sites is 1. The SMILES string of the molecule is CC(=O)c1ccccc1C[B]c1ccc(Cc2ccc3ccccc3n2)cc1. The molecule has 4 aromatic rings. The Balaban J connectivity index is 1.43. The molecule has 0 saturated carbocycles. The number of nitrogens with zero attached hydrogens (tertiary/aromatic N) is 1. The van der Waals surface area contributed by atoms with E-state index in [1.54, 1.807) is 6.92 Å². The number of hydrogen-bond donors (Lipinski definition) is 0. The lowest BCUT2D eigenvalue weighted by Crippen LogP contribution is -2.17. The number of hydrogen-bond acceptors (Lipinski definition) is 2. The van der Waals surface area contributed by atoms with Gasteiger partial charge in [-0.15, -0.1) is 0 Å². The Morgan fingerprint density at radius 3 is 2.43 bits per heavy atom. The second-order valence-corrected chi connectivity index (χ2v) is 7.04. The van der Waals surface area contributed by atoms with Crippen molar-refractivity contribution in [2.75, 3.05) is 0 Å². The summed E-state index contributed by atoms with van der Waals surface area (Å²) in [5, 5.41) is 1.17. The molecule has 0 spiro atoms. The van der Waals surface area contributed by atoms with Crippen molar-refractivity contribution in [3.63, 3.8) is 0 Å². The van der Waals surface area contributed by atoms with Crippen LogP contribution in [0.2, 0.25) is 0 Å². The molecule has 4 rings (SSSR count). The number of Topliss-reactive ketones (excluding diaryl/α,β-unsaturated/α-hetero) is 1. The number of pyridine rings is 1. The molecule has 0 bridgehead atoms. The lowest BCUT2D eigenvalue weighted by atomic mass is 9.64. The number of benzene rings is 3. The summed E-state index contributed by atoms with van der Waals surface area (Å²) in [6, 6.07) is 28.8. The molecule has 0 amide bonds. The molecule has 0 unspecified atom stereocenters. The van der Waals surface area contributed by atoms with Crippen molar-refractivity contribution in [2.24, 2.45) is 0 Å². The molecule has 0 atom stereocenters. The van der Waals surface area contributed by atoms with E-state index in [1.165, 1.54) is 10.9 Å². The predicted octanol–water partition coefficient (Wildman–Crippen LogP) is 4.56. The molecular weight excluding hydrogens is 341 g/mol. The minimum Gasteiger partial charge on any atom is -0.295 e. The van der Waals surface area contributed by atoms with E-state index in [4.69, 9.17) is 4.98 Å². The minimum absolute atomic E-state index is 0.113. The van der Waals surface area contributed by atoms with Crippen molar-refractivity contribution in [1.82, 2.24) is 4.98 Å². The number of carbonyl (C=O) groups excluding carboxylic acids is 1. The van der Waals surface area contributed by atoms with Gasteiger partial charge in [0.05, 0.1) is 5.52 Å². The largest absolute Gasteiger partial charge is 0.295 e. The zero-order valence-electron chi connectivity index (χ0n) is 15.9. The lowest BCUT2D eigenvalue weighted by molar-refractivity contribution is 0.101. The fraction of sp³-hybridized carbons (Fsp3) is 0.120. The van der Waals surface area contributed by atoms with Gasteiger partial charge in [-0.3, -0.25) is 9.78 Å². The number of aromatic nitrogens is 1. The first-order valence-electron chi connectivity index (χ1n) is 9.55. The number of carbonyl (C=O) groups is 1. The summed E-state index contributed by atoms with van der Waals surface area (Å²) in [7, 11) is 2.17. The normalized spacial score (nSPS) is 10.8. The van der Waals surface area contributed by atoms with Crippen LogP contribution in [0, 0.1) is 0 Å². The number of fused-ring (bicyclic) bond motifs is 1. The summed E-state index contributed by atoms with van der Waals surface area (Å²) in [6.07, 6.45) is 1.57. The second kappa shape index (κ2) is 8.22. The Morgan fingerprint density at radius 1 is 0.857 bits per heavy atom. The quantitative estimate of drug-likeness (QED) is 0.372. The molecular formula is C25H21BNO. The Bertz CT molecular complexity index is 1120. The van der Waals surface area contributed by atoms with E-state index in [0.717, 1.165) is 40.5 Å². The van der Waals surface area contributed by atoms with Crippen molar-refractivity contribution in [2.45, 2.75) is 19.7 Å².